The maximum Gasteiger partial charge on any atom is 0.507 e. The third kappa shape index (κ3) is 32.4. The Hall–Kier alpha value is -6.74. The van der Waals surface area contributed by atoms with E-state index >= 15 is 0 Å². The highest BCUT2D eigenvalue weighted by Crippen LogP contribution is 2.41. The van der Waals surface area contributed by atoms with Gasteiger partial charge in [0.2, 0.25) is 0 Å². The van der Waals surface area contributed by atoms with E-state index in [1.165, 1.54) is 4.90 Å². The van der Waals surface area contributed by atoms with Gasteiger partial charge in [0.05, 0.1) is 102 Å². The number of amides is 6. The van der Waals surface area contributed by atoms with Crippen molar-refractivity contribution in [2.75, 3.05) is 175 Å². The standard InChI is InChI=1S/C26H31N5O2S.C23H29ClN4O2.C20H28BF3N2O3.C9H14BNO2S.C9H10ClIN2O.C5H2Cl2IN.C4H9NO.H2S/c1-3-19-6-7-31(16-19)26(32)28-21-5-4-18(2)22(14-21)20-12-23(24-15-27-17-34-24)29-25(13-20)30-8-10-33-11-9-30;1-3-17-6-7-28(15-17)23(29)25-19-5-4-16(2)20(14-19)18-12-21(24)26-22(13-18)27-8-10-30-11-9-27;1-13-6-7-15(10-16(13)21-28-18(2,3)19(4,5)29-21)25-17(27)26-9-8-14(12-26)11-20(22,23)24;1-8(2)9(3,4)13-10(12-8)7-5-11-6-14-7;10-8-5-7(11)6-9(12-8)13-1-3-14-4-2-13;6-4-1-3(8)2-5(7)9-4;1-3-6-4-2-5-1;/h4-5,12-15,17,19H,3,6-11,16H2,1-2H3,(H,28,32);4-5,12-14,17H,3,6-11,15H2,1-2H3,(H,25,29);6-7,10,14H,8-9,11-12H2,1-5H3,(H,25,27);5-6H,1-4H3;5-6H,1-4H2;1-2H;5H,1-4H2;1H2/t19-;17-;14-;;;;;/m110...../s1. The Morgan fingerprint density at radius 3 is 1.24 bits per heavy atom. The summed E-state index contributed by atoms with van der Waals surface area (Å²) in [6.07, 6.45) is 3.38. The number of aromatic nitrogens is 6. The zero-order valence-electron chi connectivity index (χ0n) is 79.9. The summed E-state index contributed by atoms with van der Waals surface area (Å²) in [6, 6.07) is 32.8. The van der Waals surface area contributed by atoms with Crippen molar-refractivity contribution in [3.05, 3.63) is 171 Å². The average molecular weight is 2250 g/mol. The first-order valence-corrected chi connectivity index (χ1v) is 51.5. The van der Waals surface area contributed by atoms with Crippen LogP contribution in [0.1, 0.15) is 124 Å². The fourth-order valence-corrected chi connectivity index (χ4v) is 19.9. The van der Waals surface area contributed by atoms with Crippen molar-refractivity contribution in [1.29, 1.82) is 0 Å². The highest BCUT2D eigenvalue weighted by atomic mass is 127. The molecule has 3 atom stereocenters. The van der Waals surface area contributed by atoms with Crippen LogP contribution in [-0.2, 0) is 37.6 Å². The molecule has 0 saturated carbocycles. The molecule has 9 saturated heterocycles. The van der Waals surface area contributed by atoms with E-state index in [9.17, 15) is 27.6 Å². The smallest absolute Gasteiger partial charge is 0.399 e. The molecule has 137 heavy (non-hydrogen) atoms. The summed E-state index contributed by atoms with van der Waals surface area (Å²) >= 11 is 30.9. The Labute approximate surface area is 866 Å². The number of aryl methyl sites for hydroxylation is 3. The molecule has 4 N–H and O–H groups in total. The summed E-state index contributed by atoms with van der Waals surface area (Å²) in [5, 5.41) is 14.0. The molecule has 18 rings (SSSR count). The number of pyridine rings is 4. The third-order valence-corrected chi connectivity index (χ3v) is 29.2. The van der Waals surface area contributed by atoms with Gasteiger partial charge in [0.25, 0.3) is 0 Å². The van der Waals surface area contributed by atoms with Crippen LogP contribution in [0.3, 0.4) is 0 Å². The summed E-state index contributed by atoms with van der Waals surface area (Å²) in [7, 11) is -0.813. The van der Waals surface area contributed by atoms with Gasteiger partial charge in [-0.25, -0.2) is 34.3 Å². The minimum Gasteiger partial charge on any atom is -0.399 e. The second-order valence-electron chi connectivity index (χ2n) is 36.5. The SMILES string of the molecule is C1COCCN1.CC1(C)OB(c2cncs2)OC1(C)C.CC[C@@H]1CCN(C(=O)Nc2ccc(C)c(-c3cc(-c4cncs4)nc(N4CCOCC4)c3)c2)C1.CC[C@@H]1CCN(C(=O)Nc2ccc(C)c(-c3cc(Cl)nc(N4CCOCC4)c3)c2)C1.Cc1ccc(NC(=O)N2CC[C@@H](CC(F)(F)F)C2)cc1B1OC(C)(C)C(C)(C)O1.Clc1cc(I)cc(Cl)n1.Clc1cc(I)cc(N2CCOCC2)n1.S. The quantitative estimate of drug-likeness (QED) is 0.0447. The van der Waals surface area contributed by atoms with Crippen molar-refractivity contribution in [2.45, 2.75) is 157 Å². The van der Waals surface area contributed by atoms with Gasteiger partial charge in [0.1, 0.15) is 38.1 Å². The number of anilines is 6. The maximum atomic E-state index is 12.9. The topological polar surface area (TPSA) is 270 Å². The van der Waals surface area contributed by atoms with E-state index in [0.29, 0.717) is 77.5 Å². The zero-order valence-corrected chi connectivity index (χ0v) is 89.9. The molecule has 27 nitrogen and oxygen atoms in total. The van der Waals surface area contributed by atoms with Crippen LogP contribution in [0.15, 0.2) is 127 Å². The molecule has 0 bridgehead atoms. The predicted octanol–water partition coefficient (Wildman–Crippen LogP) is 20.5. The van der Waals surface area contributed by atoms with Crippen LogP contribution in [0.25, 0.3) is 32.8 Å². The molecule has 0 unspecified atom stereocenters. The van der Waals surface area contributed by atoms with E-state index in [1.54, 1.807) is 58.6 Å². The van der Waals surface area contributed by atoms with Crippen LogP contribution in [-0.4, -0.2) is 250 Å². The lowest BCUT2D eigenvalue weighted by Crippen LogP contribution is -2.41. The Kier molecular flexibility index (Phi) is 41.6. The van der Waals surface area contributed by atoms with Crippen molar-refractivity contribution in [1.82, 2.24) is 49.9 Å². The fourth-order valence-electron chi connectivity index (χ4n) is 16.1. The van der Waals surface area contributed by atoms with E-state index in [1.807, 2.05) is 132 Å². The molecule has 0 radical (unpaired) electrons. The van der Waals surface area contributed by atoms with E-state index in [2.05, 4.69) is 164 Å². The number of nitrogens with zero attached hydrogens (tertiary/aromatic N) is 12. The third-order valence-electron chi connectivity index (χ3n) is 25.6. The van der Waals surface area contributed by atoms with E-state index < -0.39 is 42.9 Å². The van der Waals surface area contributed by atoms with E-state index in [-0.39, 0.29) is 50.4 Å². The molecule has 742 valence electrons. The number of likely N-dealkylation sites (tertiary alicyclic amines) is 3. The number of thiazole rings is 2. The van der Waals surface area contributed by atoms with Gasteiger partial charge in [-0.1, -0.05) is 96.9 Å². The minimum absolute atomic E-state index is 0. The first kappa shape index (κ1) is 111. The molecule has 0 aliphatic carbocycles. The number of halogens is 9. The van der Waals surface area contributed by atoms with Crippen LogP contribution in [0.4, 0.5) is 62.1 Å². The molecule has 9 aliphatic heterocycles. The maximum absolute atomic E-state index is 12.9. The van der Waals surface area contributed by atoms with Gasteiger partial charge < -0.3 is 88.2 Å². The molecule has 0 spiro atoms. The second-order valence-corrected chi connectivity index (χ2v) is 42.3. The molecular formula is C96H125B2Cl4F3I2N16O11S3. The number of carbonyl (C=O) groups excluding carboxylic acids is 3. The van der Waals surface area contributed by atoms with Crippen molar-refractivity contribution >= 4 is 205 Å². The number of alkyl halides is 3. The zero-order chi connectivity index (χ0) is 97.7. The van der Waals surface area contributed by atoms with Crippen molar-refractivity contribution in [3.8, 4) is 32.8 Å². The molecule has 6 amide bonds. The highest BCUT2D eigenvalue weighted by Gasteiger charge is 2.54. The van der Waals surface area contributed by atoms with Gasteiger partial charge in [-0.3, -0.25) is 9.97 Å². The highest BCUT2D eigenvalue weighted by molar-refractivity contribution is 14.1. The lowest BCUT2D eigenvalue weighted by molar-refractivity contribution is -0.143. The largest absolute Gasteiger partial charge is 0.507 e. The molecule has 6 aromatic heterocycles. The monoisotopic (exact) mass is 2250 g/mol. The number of benzene rings is 3. The van der Waals surface area contributed by atoms with Gasteiger partial charge in [-0.15, -0.1) is 22.7 Å². The molecule has 41 heteroatoms. The molecule has 9 aromatic rings. The lowest BCUT2D eigenvalue weighted by atomic mass is 9.76. The van der Waals surface area contributed by atoms with Gasteiger partial charge in [-0.05, 0) is 282 Å². The lowest BCUT2D eigenvalue weighted by Gasteiger charge is -2.32. The number of nitrogens with one attached hydrogen (secondary N) is 4. The number of rotatable bonds is 14. The Bertz CT molecular complexity index is 5320. The molecule has 3 aromatic carbocycles. The van der Waals surface area contributed by atoms with Gasteiger partial charge >= 0.3 is 38.5 Å². The number of hydrogen-bond donors (Lipinski definition) is 4. The van der Waals surface area contributed by atoms with Gasteiger partial charge in [-0.2, -0.15) is 26.7 Å². The molecule has 15 heterocycles. The number of hydrogen-bond acceptors (Lipinski definition) is 23. The normalized spacial score (nSPS) is 19.6. The van der Waals surface area contributed by atoms with Gasteiger partial charge in [0, 0.05) is 135 Å². The van der Waals surface area contributed by atoms with Crippen LogP contribution >= 0.6 is 128 Å². The number of morpholine rings is 4. The molecule has 9 fully saturated rings. The summed E-state index contributed by atoms with van der Waals surface area (Å²) < 4.78 is 86.1. The average Bonchev–Trinajstić information content (AvgIpc) is 1.62. The Morgan fingerprint density at radius 1 is 0.467 bits per heavy atom. The molecule has 9 aliphatic rings. The minimum atomic E-state index is -4.20. The Balaban J connectivity index is 0.000000162. The Morgan fingerprint density at radius 2 is 0.847 bits per heavy atom. The number of ether oxygens (including phenoxy) is 4. The van der Waals surface area contributed by atoms with E-state index in [4.69, 9.17) is 89.0 Å². The van der Waals surface area contributed by atoms with Crippen LogP contribution in [0.2, 0.25) is 20.6 Å². The first-order valence-electron chi connectivity index (χ1n) is 46.1. The van der Waals surface area contributed by atoms with Crippen molar-refractivity contribution in [2.24, 2.45) is 17.8 Å². The van der Waals surface area contributed by atoms with Crippen LogP contribution < -0.4 is 46.2 Å². The number of urea groups is 3. The first-order chi connectivity index (χ1) is 64.8. The predicted molar refractivity (Wildman–Crippen MR) is 569 cm³/mol. The summed E-state index contributed by atoms with van der Waals surface area (Å²) in [5.41, 5.74) is 13.5. The summed E-state index contributed by atoms with van der Waals surface area (Å²) in [4.78, 5) is 76.8. The van der Waals surface area contributed by atoms with Crippen molar-refractivity contribution < 1.29 is 65.1 Å². The van der Waals surface area contributed by atoms with E-state index in [0.717, 1.165) is 226 Å². The molecular weight excluding hydrogens is 2120 g/mol. The second kappa shape index (κ2) is 51.5. The van der Waals surface area contributed by atoms with Crippen LogP contribution in [0, 0.1) is 45.7 Å². The number of carbonyl (C=O) groups is 3. The van der Waals surface area contributed by atoms with Crippen molar-refractivity contribution in [3.63, 3.8) is 0 Å². The van der Waals surface area contributed by atoms with Crippen LogP contribution in [0.5, 0.6) is 0 Å². The van der Waals surface area contributed by atoms with Gasteiger partial charge in [0.15, 0.2) is 0 Å². The summed E-state index contributed by atoms with van der Waals surface area (Å²) in [6.45, 7) is 43.5. The fraction of sp³-hybridized carbons (Fsp3) is 0.510. The summed E-state index contributed by atoms with van der Waals surface area (Å²) in [5.74, 6) is 3.43.